The van der Waals surface area contributed by atoms with Crippen LogP contribution in [-0.4, -0.2) is 48.7 Å². The zero-order valence-corrected chi connectivity index (χ0v) is 27.6. The summed E-state index contributed by atoms with van der Waals surface area (Å²) in [6.45, 7) is 10.4. The van der Waals surface area contributed by atoms with E-state index in [1.54, 1.807) is 12.0 Å². The largest absolute Gasteiger partial charge is 0.497 e. The number of pyridine rings is 1. The number of aromatic nitrogens is 1. The van der Waals surface area contributed by atoms with Gasteiger partial charge >= 0.3 is 5.97 Å². The second-order valence-electron chi connectivity index (χ2n) is 14.2. The number of hydrogen-bond donors (Lipinski definition) is 1. The van der Waals surface area contributed by atoms with Gasteiger partial charge in [0.05, 0.1) is 24.8 Å². The Kier molecular flexibility index (Phi) is 8.82. The number of rotatable bonds is 10. The first-order chi connectivity index (χ1) is 22.0. The molecule has 6 rings (SSSR count). The van der Waals surface area contributed by atoms with E-state index in [1.807, 2.05) is 43.3 Å². The highest BCUT2D eigenvalue weighted by Crippen LogP contribution is 2.45. The minimum atomic E-state index is -0.751. The van der Waals surface area contributed by atoms with Crippen molar-refractivity contribution in [3.05, 3.63) is 83.2 Å². The molecule has 1 saturated carbocycles. The number of fused-ring (bicyclic) bond motifs is 1. The van der Waals surface area contributed by atoms with Crippen LogP contribution in [0.2, 0.25) is 0 Å². The number of carbonyl (C=O) groups is 2. The summed E-state index contributed by atoms with van der Waals surface area (Å²) in [7, 11) is 1.65. The zero-order valence-electron chi connectivity index (χ0n) is 27.6. The van der Waals surface area contributed by atoms with Crippen LogP contribution in [0.3, 0.4) is 0 Å². The van der Waals surface area contributed by atoms with Crippen molar-refractivity contribution in [3.63, 3.8) is 0 Å². The summed E-state index contributed by atoms with van der Waals surface area (Å²) >= 11 is 0. The highest BCUT2D eigenvalue weighted by Gasteiger charge is 2.34. The Morgan fingerprint density at radius 2 is 1.80 bits per heavy atom. The Hall–Kier alpha value is -4.33. The first-order valence-electron chi connectivity index (χ1n) is 16.4. The molecule has 0 spiro atoms. The van der Waals surface area contributed by atoms with E-state index in [9.17, 15) is 14.7 Å². The number of methoxy groups -OCH3 is 1. The number of anilines is 2. The van der Waals surface area contributed by atoms with Crippen molar-refractivity contribution in [2.45, 2.75) is 71.6 Å². The molecule has 1 amide bonds. The molecule has 1 N–H and O–H groups in total. The first kappa shape index (κ1) is 31.6. The number of hydrogen-bond acceptors (Lipinski definition) is 6. The number of amides is 1. The number of piperidine rings is 1. The molecule has 2 aromatic heterocycles. The normalized spacial score (nSPS) is 16.4. The maximum atomic E-state index is 14.3. The van der Waals surface area contributed by atoms with Gasteiger partial charge in [0.15, 0.2) is 0 Å². The predicted octanol–water partition coefficient (Wildman–Crippen LogP) is 8.19. The number of benzene rings is 2. The Morgan fingerprint density at radius 1 is 1.04 bits per heavy atom. The van der Waals surface area contributed by atoms with Crippen molar-refractivity contribution in [1.82, 2.24) is 4.98 Å². The quantitative estimate of drug-likeness (QED) is 0.190. The summed E-state index contributed by atoms with van der Waals surface area (Å²) in [6, 6.07) is 19.8. The topological polar surface area (TPSA) is 96.1 Å². The van der Waals surface area contributed by atoms with Crippen LogP contribution in [0, 0.1) is 18.3 Å². The van der Waals surface area contributed by atoms with Gasteiger partial charge in [-0.3, -0.25) is 14.5 Å². The molecule has 1 atom stereocenters. The monoisotopic (exact) mass is 623 g/mol. The summed E-state index contributed by atoms with van der Waals surface area (Å²) in [5.41, 5.74) is 4.13. The molecule has 8 nitrogen and oxygen atoms in total. The van der Waals surface area contributed by atoms with Crippen LogP contribution < -0.4 is 14.5 Å². The van der Waals surface area contributed by atoms with Crippen LogP contribution in [0.1, 0.15) is 92.1 Å². The highest BCUT2D eigenvalue weighted by atomic mass is 16.5. The third-order valence-corrected chi connectivity index (χ3v) is 9.28. The number of carboxylic acid groups (broad SMARTS) is 1. The van der Waals surface area contributed by atoms with Crippen molar-refractivity contribution >= 4 is 34.4 Å². The SMILES string of the molecule is COc1ccc(C(=O)N(CC(C)(C)C)c2cccc(C)n2)c(N2CCC(c3cc4ccc([C@@H](CC(=O)O)C5CC5)cc4o3)CC2)c1. The maximum absolute atomic E-state index is 14.3. The van der Waals surface area contributed by atoms with Gasteiger partial charge in [-0.15, -0.1) is 0 Å². The van der Waals surface area contributed by atoms with Gasteiger partial charge in [0, 0.05) is 42.7 Å². The average molecular weight is 624 g/mol. The fourth-order valence-electron chi connectivity index (χ4n) is 6.78. The standard InChI is InChI=1S/C38H45N3O5/c1-24-7-6-8-35(39-24)41(23-38(2,3)4)37(44)30-14-13-29(45-5)21-32(30)40-17-15-26(16-18-40)33-20-28-12-11-27(19-34(28)46-33)31(22-36(42)43)25-9-10-25/h6-8,11-14,19-21,25-26,31H,9-10,15-18,22-23H2,1-5H3,(H,42,43)/t31-/m0/s1. The van der Waals surface area contributed by atoms with Gasteiger partial charge in [0.1, 0.15) is 22.9 Å². The number of furan rings is 1. The molecular formula is C38H45N3O5. The molecule has 242 valence electrons. The smallest absolute Gasteiger partial charge is 0.303 e. The van der Waals surface area contributed by atoms with Crippen molar-refractivity contribution < 1.29 is 23.8 Å². The van der Waals surface area contributed by atoms with E-state index in [-0.39, 0.29) is 29.6 Å². The fourth-order valence-corrected chi connectivity index (χ4v) is 6.78. The Labute approximate surface area is 271 Å². The minimum Gasteiger partial charge on any atom is -0.497 e. The molecule has 1 saturated heterocycles. The average Bonchev–Trinajstić information content (AvgIpc) is 3.79. The number of aryl methyl sites for hydroxylation is 1. The Bertz CT molecular complexity index is 1730. The molecule has 46 heavy (non-hydrogen) atoms. The van der Waals surface area contributed by atoms with Gasteiger partial charge in [-0.05, 0) is 91.8 Å². The van der Waals surface area contributed by atoms with Crippen molar-refractivity contribution in [2.24, 2.45) is 11.3 Å². The molecule has 1 aliphatic heterocycles. The number of carboxylic acids is 1. The number of ether oxygens (including phenoxy) is 1. The second kappa shape index (κ2) is 12.8. The van der Waals surface area contributed by atoms with Crippen LogP contribution in [0.4, 0.5) is 11.5 Å². The van der Waals surface area contributed by atoms with Gasteiger partial charge in [-0.2, -0.15) is 0 Å². The molecule has 0 unspecified atom stereocenters. The van der Waals surface area contributed by atoms with Gasteiger partial charge < -0.3 is 19.2 Å². The summed E-state index contributed by atoms with van der Waals surface area (Å²) in [6.07, 6.45) is 4.11. The van der Waals surface area contributed by atoms with E-state index in [1.165, 1.54) is 0 Å². The Morgan fingerprint density at radius 3 is 2.46 bits per heavy atom. The maximum Gasteiger partial charge on any atom is 0.303 e. The van der Waals surface area contributed by atoms with Crippen LogP contribution >= 0.6 is 0 Å². The van der Waals surface area contributed by atoms with Crippen molar-refractivity contribution in [3.8, 4) is 5.75 Å². The summed E-state index contributed by atoms with van der Waals surface area (Å²) < 4.78 is 12.0. The lowest BCUT2D eigenvalue weighted by atomic mass is 9.90. The van der Waals surface area contributed by atoms with E-state index >= 15 is 0 Å². The molecule has 0 radical (unpaired) electrons. The third kappa shape index (κ3) is 7.06. The number of nitrogens with zero attached hydrogens (tertiary/aromatic N) is 3. The van der Waals surface area contributed by atoms with Gasteiger partial charge in [-0.25, -0.2) is 4.98 Å². The summed E-state index contributed by atoms with van der Waals surface area (Å²) in [4.78, 5) is 34.7. The van der Waals surface area contributed by atoms with Crippen LogP contribution in [0.5, 0.6) is 5.75 Å². The first-order valence-corrected chi connectivity index (χ1v) is 16.4. The molecule has 2 aliphatic rings. The molecule has 0 bridgehead atoms. The fraction of sp³-hybridized carbons (Fsp3) is 0.447. The van der Waals surface area contributed by atoms with E-state index in [0.717, 1.165) is 72.4 Å². The van der Waals surface area contributed by atoms with E-state index in [0.29, 0.717) is 29.6 Å². The lowest BCUT2D eigenvalue weighted by Crippen LogP contribution is -2.40. The number of carbonyl (C=O) groups excluding carboxylic acids is 1. The van der Waals surface area contributed by atoms with E-state index in [2.05, 4.69) is 49.9 Å². The van der Waals surface area contributed by atoms with Crippen LogP contribution in [0.15, 0.2) is 65.1 Å². The summed E-state index contributed by atoms with van der Waals surface area (Å²) in [5, 5.41) is 10.5. The summed E-state index contributed by atoms with van der Waals surface area (Å²) in [5.74, 6) is 2.26. The van der Waals surface area contributed by atoms with Crippen molar-refractivity contribution in [1.29, 1.82) is 0 Å². The lowest BCUT2D eigenvalue weighted by Gasteiger charge is -2.35. The lowest BCUT2D eigenvalue weighted by molar-refractivity contribution is -0.137. The molecule has 3 heterocycles. The molecule has 2 aromatic carbocycles. The third-order valence-electron chi connectivity index (χ3n) is 9.28. The van der Waals surface area contributed by atoms with Crippen LogP contribution in [0.25, 0.3) is 11.0 Å². The Balaban J connectivity index is 1.23. The predicted molar refractivity (Wildman–Crippen MR) is 181 cm³/mol. The zero-order chi connectivity index (χ0) is 32.6. The highest BCUT2D eigenvalue weighted by molar-refractivity contribution is 6.09. The molecule has 8 heteroatoms. The van der Waals surface area contributed by atoms with Crippen LogP contribution in [-0.2, 0) is 4.79 Å². The van der Waals surface area contributed by atoms with Gasteiger partial charge in [0.2, 0.25) is 0 Å². The molecule has 4 aromatic rings. The van der Waals surface area contributed by atoms with E-state index < -0.39 is 5.97 Å². The second-order valence-corrected chi connectivity index (χ2v) is 14.2. The molecule has 2 fully saturated rings. The minimum absolute atomic E-state index is 0.0412. The molecular weight excluding hydrogens is 578 g/mol. The van der Waals surface area contributed by atoms with Gasteiger partial charge in [0.25, 0.3) is 5.91 Å². The van der Waals surface area contributed by atoms with Crippen molar-refractivity contribution in [2.75, 3.05) is 36.5 Å². The van der Waals surface area contributed by atoms with Gasteiger partial charge in [-0.1, -0.05) is 39.0 Å². The number of aliphatic carboxylic acids is 1. The molecule has 1 aliphatic carbocycles. The van der Waals surface area contributed by atoms with E-state index in [4.69, 9.17) is 14.1 Å².